The Kier molecular flexibility index (Phi) is 8.05. The fourth-order valence-corrected chi connectivity index (χ4v) is 1.97. The Morgan fingerprint density at radius 1 is 1.09 bits per heavy atom. The summed E-state index contributed by atoms with van der Waals surface area (Å²) < 4.78 is 5.68. The molecule has 3 heteroatoms. The maximum absolute atomic E-state index is 10.5. The molecule has 0 radical (unpaired) electrons. The zero-order valence-electron chi connectivity index (χ0n) is 13.8. The van der Waals surface area contributed by atoms with Gasteiger partial charge in [0.25, 0.3) is 0 Å². The molecule has 0 amide bonds. The van der Waals surface area contributed by atoms with Crippen LogP contribution in [-0.2, 0) is 11.2 Å². The van der Waals surface area contributed by atoms with Gasteiger partial charge in [0.15, 0.2) is 0 Å². The number of carboxylic acid groups (broad SMARTS) is 1. The second kappa shape index (κ2) is 9.82. The summed E-state index contributed by atoms with van der Waals surface area (Å²) in [7, 11) is 0. The molecule has 0 heterocycles. The van der Waals surface area contributed by atoms with Crippen LogP contribution in [0.25, 0.3) is 0 Å². The number of benzene rings is 1. The van der Waals surface area contributed by atoms with Crippen molar-refractivity contribution in [3.05, 3.63) is 53.1 Å². The van der Waals surface area contributed by atoms with Crippen molar-refractivity contribution in [3.8, 4) is 5.75 Å². The van der Waals surface area contributed by atoms with Gasteiger partial charge in [0, 0.05) is 6.42 Å². The monoisotopic (exact) mass is 302 g/mol. The number of hydrogen-bond acceptors (Lipinski definition) is 2. The third kappa shape index (κ3) is 8.30. The van der Waals surface area contributed by atoms with Gasteiger partial charge in [0.2, 0.25) is 0 Å². The van der Waals surface area contributed by atoms with Crippen LogP contribution in [0.15, 0.2) is 47.6 Å². The van der Waals surface area contributed by atoms with Crippen LogP contribution >= 0.6 is 0 Å². The van der Waals surface area contributed by atoms with E-state index in [0.717, 1.165) is 24.2 Å². The number of hydrogen-bond donors (Lipinski definition) is 1. The third-order valence-corrected chi connectivity index (χ3v) is 3.32. The minimum Gasteiger partial charge on any atom is -0.490 e. The summed E-state index contributed by atoms with van der Waals surface area (Å²) >= 11 is 0. The molecule has 0 spiro atoms. The van der Waals surface area contributed by atoms with E-state index in [4.69, 9.17) is 9.84 Å². The number of ether oxygens (including phenoxy) is 1. The number of rotatable bonds is 9. The fraction of sp³-hybridized carbons (Fsp3) is 0.421. The lowest BCUT2D eigenvalue weighted by atomic mass is 10.1. The van der Waals surface area contributed by atoms with Gasteiger partial charge in [0.05, 0.1) is 0 Å². The molecule has 0 saturated heterocycles. The summed E-state index contributed by atoms with van der Waals surface area (Å²) in [6, 6.07) is 7.63. The van der Waals surface area contributed by atoms with E-state index in [0.29, 0.717) is 13.0 Å². The Balaban J connectivity index is 2.35. The molecular weight excluding hydrogens is 276 g/mol. The van der Waals surface area contributed by atoms with E-state index in [9.17, 15) is 4.79 Å². The minimum atomic E-state index is -0.769. The number of aryl methyl sites for hydroxylation is 1. The molecule has 0 bridgehead atoms. The molecule has 0 aromatic heterocycles. The molecular formula is C19H26O3. The van der Waals surface area contributed by atoms with Crippen LogP contribution in [0.2, 0.25) is 0 Å². The largest absolute Gasteiger partial charge is 0.490 e. The molecule has 3 nitrogen and oxygen atoms in total. The van der Waals surface area contributed by atoms with Gasteiger partial charge in [-0.05, 0) is 63.8 Å². The normalized spacial score (nSPS) is 11.1. The Hall–Kier alpha value is -2.03. The van der Waals surface area contributed by atoms with Crippen molar-refractivity contribution in [1.29, 1.82) is 0 Å². The van der Waals surface area contributed by atoms with Crippen LogP contribution in [0.4, 0.5) is 0 Å². The van der Waals surface area contributed by atoms with E-state index in [1.165, 1.54) is 11.1 Å². The second-order valence-corrected chi connectivity index (χ2v) is 5.72. The molecule has 0 saturated carbocycles. The standard InChI is InChI=1S/C19H26O3/c1-15(2)5-4-6-16(3)13-14-22-18-10-7-17(8-11-18)9-12-19(20)21/h5,7-8,10-11,13H,4,6,9,12,14H2,1-3H3,(H,20,21). The highest BCUT2D eigenvalue weighted by Crippen LogP contribution is 2.14. The van der Waals surface area contributed by atoms with E-state index < -0.39 is 5.97 Å². The van der Waals surface area contributed by atoms with Crippen molar-refractivity contribution in [2.75, 3.05) is 6.61 Å². The molecule has 0 aliphatic rings. The zero-order valence-corrected chi connectivity index (χ0v) is 13.8. The van der Waals surface area contributed by atoms with Crippen molar-refractivity contribution < 1.29 is 14.6 Å². The van der Waals surface area contributed by atoms with Gasteiger partial charge in [-0.3, -0.25) is 4.79 Å². The molecule has 1 rings (SSSR count). The predicted molar refractivity (Wildman–Crippen MR) is 90.3 cm³/mol. The maximum atomic E-state index is 10.5. The SMILES string of the molecule is CC(C)=CCCC(C)=CCOc1ccc(CCC(=O)O)cc1. The first kappa shape index (κ1) is 18.0. The molecule has 0 fully saturated rings. The first-order valence-electron chi connectivity index (χ1n) is 7.70. The lowest BCUT2D eigenvalue weighted by molar-refractivity contribution is -0.136. The molecule has 1 aromatic carbocycles. The Bertz CT molecular complexity index is 520. The van der Waals surface area contributed by atoms with Crippen molar-refractivity contribution in [2.45, 2.75) is 46.5 Å². The van der Waals surface area contributed by atoms with Crippen LogP contribution in [-0.4, -0.2) is 17.7 Å². The predicted octanol–water partition coefficient (Wildman–Crippen LogP) is 4.78. The van der Waals surface area contributed by atoms with Gasteiger partial charge in [-0.15, -0.1) is 0 Å². The Labute approximate surface area is 133 Å². The van der Waals surface area contributed by atoms with E-state index >= 15 is 0 Å². The second-order valence-electron chi connectivity index (χ2n) is 5.72. The first-order valence-corrected chi connectivity index (χ1v) is 7.70. The van der Waals surface area contributed by atoms with E-state index in [2.05, 4.69) is 32.9 Å². The molecule has 0 atom stereocenters. The average molecular weight is 302 g/mol. The number of allylic oxidation sites excluding steroid dienone is 3. The molecule has 1 aromatic rings. The number of carbonyl (C=O) groups is 1. The Morgan fingerprint density at radius 3 is 2.36 bits per heavy atom. The lowest BCUT2D eigenvalue weighted by Gasteiger charge is -2.06. The summed E-state index contributed by atoms with van der Waals surface area (Å²) in [6.45, 7) is 6.91. The highest BCUT2D eigenvalue weighted by Gasteiger charge is 1.99. The van der Waals surface area contributed by atoms with Gasteiger partial charge in [0.1, 0.15) is 12.4 Å². The zero-order chi connectivity index (χ0) is 16.4. The average Bonchev–Trinajstić information content (AvgIpc) is 2.46. The van der Waals surface area contributed by atoms with Crippen molar-refractivity contribution in [3.63, 3.8) is 0 Å². The summed E-state index contributed by atoms with van der Waals surface area (Å²) in [5, 5.41) is 8.65. The minimum absolute atomic E-state index is 0.161. The fourth-order valence-electron chi connectivity index (χ4n) is 1.97. The van der Waals surface area contributed by atoms with Gasteiger partial charge in [-0.2, -0.15) is 0 Å². The smallest absolute Gasteiger partial charge is 0.303 e. The van der Waals surface area contributed by atoms with Crippen LogP contribution in [0.3, 0.4) is 0 Å². The van der Waals surface area contributed by atoms with E-state index in [-0.39, 0.29) is 6.42 Å². The summed E-state index contributed by atoms with van der Waals surface area (Å²) in [5.74, 6) is 0.0430. The van der Waals surface area contributed by atoms with Crippen molar-refractivity contribution in [1.82, 2.24) is 0 Å². The molecule has 0 aliphatic carbocycles. The lowest BCUT2D eigenvalue weighted by Crippen LogP contribution is -1.98. The molecule has 0 unspecified atom stereocenters. The summed E-state index contributed by atoms with van der Waals surface area (Å²) in [4.78, 5) is 10.5. The summed E-state index contributed by atoms with van der Waals surface area (Å²) in [6.07, 6.45) is 7.20. The molecule has 0 aliphatic heterocycles. The van der Waals surface area contributed by atoms with Crippen LogP contribution in [0.5, 0.6) is 5.75 Å². The van der Waals surface area contributed by atoms with E-state index in [1.54, 1.807) is 0 Å². The van der Waals surface area contributed by atoms with Gasteiger partial charge in [-0.25, -0.2) is 0 Å². The maximum Gasteiger partial charge on any atom is 0.303 e. The Morgan fingerprint density at radius 2 is 1.77 bits per heavy atom. The highest BCUT2D eigenvalue weighted by molar-refractivity contribution is 5.67. The quantitative estimate of drug-likeness (QED) is 0.668. The first-order chi connectivity index (χ1) is 10.5. The third-order valence-electron chi connectivity index (χ3n) is 3.32. The number of aliphatic carboxylic acids is 1. The molecule has 120 valence electrons. The van der Waals surface area contributed by atoms with Crippen LogP contribution in [0, 0.1) is 0 Å². The van der Waals surface area contributed by atoms with Gasteiger partial charge < -0.3 is 9.84 Å². The van der Waals surface area contributed by atoms with Gasteiger partial charge in [-0.1, -0.05) is 29.4 Å². The topological polar surface area (TPSA) is 46.5 Å². The number of carboxylic acids is 1. The molecule has 22 heavy (non-hydrogen) atoms. The van der Waals surface area contributed by atoms with Crippen LogP contribution in [0.1, 0.15) is 45.6 Å². The van der Waals surface area contributed by atoms with Crippen molar-refractivity contribution in [2.24, 2.45) is 0 Å². The summed E-state index contributed by atoms with van der Waals surface area (Å²) in [5.41, 5.74) is 3.70. The van der Waals surface area contributed by atoms with Crippen molar-refractivity contribution >= 4 is 5.97 Å². The highest BCUT2D eigenvalue weighted by atomic mass is 16.5. The molecule has 1 N–H and O–H groups in total. The van der Waals surface area contributed by atoms with E-state index in [1.807, 2.05) is 24.3 Å². The van der Waals surface area contributed by atoms with Crippen LogP contribution < -0.4 is 4.74 Å². The van der Waals surface area contributed by atoms with Gasteiger partial charge >= 0.3 is 5.97 Å².